The third-order valence-electron chi connectivity index (χ3n) is 5.92. The number of amides is 2. The summed E-state index contributed by atoms with van der Waals surface area (Å²) in [6, 6.07) is 23.5. The van der Waals surface area contributed by atoms with E-state index in [4.69, 9.17) is 0 Å². The zero-order valence-electron chi connectivity index (χ0n) is 18.5. The molecular formula is C27H28FN3O2. The van der Waals surface area contributed by atoms with E-state index < -0.39 is 0 Å². The number of benzene rings is 3. The predicted molar refractivity (Wildman–Crippen MR) is 128 cm³/mol. The smallest absolute Gasteiger partial charge is 0.253 e. The lowest BCUT2D eigenvalue weighted by Gasteiger charge is -2.35. The number of carbonyl (C=O) groups is 2. The highest BCUT2D eigenvalue weighted by Gasteiger charge is 2.23. The Morgan fingerprint density at radius 1 is 0.848 bits per heavy atom. The molecule has 1 saturated heterocycles. The van der Waals surface area contributed by atoms with Gasteiger partial charge < -0.3 is 15.5 Å². The van der Waals surface area contributed by atoms with E-state index in [-0.39, 0.29) is 23.7 Å². The summed E-state index contributed by atoms with van der Waals surface area (Å²) in [7, 11) is 0. The molecule has 0 spiro atoms. The van der Waals surface area contributed by atoms with E-state index in [1.807, 2.05) is 54.6 Å². The molecule has 170 valence electrons. The van der Waals surface area contributed by atoms with Crippen LogP contribution >= 0.6 is 0 Å². The lowest BCUT2D eigenvalue weighted by molar-refractivity contribution is -0.121. The minimum absolute atomic E-state index is 0.0419. The van der Waals surface area contributed by atoms with Crippen LogP contribution in [0, 0.1) is 5.82 Å². The fourth-order valence-electron chi connectivity index (χ4n) is 4.15. The number of hydrogen-bond acceptors (Lipinski definition) is 3. The molecule has 1 aliphatic rings. The van der Waals surface area contributed by atoms with Crippen molar-refractivity contribution in [3.63, 3.8) is 0 Å². The van der Waals surface area contributed by atoms with Crippen LogP contribution in [-0.2, 0) is 17.8 Å². The van der Waals surface area contributed by atoms with Gasteiger partial charge in [0.2, 0.25) is 5.91 Å². The third-order valence-corrected chi connectivity index (χ3v) is 5.92. The Bertz CT molecular complexity index is 1080. The fraction of sp³-hybridized carbons (Fsp3) is 0.259. The number of hydrogen-bond donors (Lipinski definition) is 2. The number of anilines is 1. The van der Waals surface area contributed by atoms with Crippen molar-refractivity contribution < 1.29 is 14.0 Å². The second-order valence-electron chi connectivity index (χ2n) is 8.32. The fourth-order valence-corrected chi connectivity index (χ4v) is 4.15. The van der Waals surface area contributed by atoms with Gasteiger partial charge in [-0.05, 0) is 48.2 Å². The molecule has 3 aromatic carbocycles. The van der Waals surface area contributed by atoms with Gasteiger partial charge in [-0.15, -0.1) is 0 Å². The van der Waals surface area contributed by atoms with Crippen molar-refractivity contribution in [3.8, 4) is 0 Å². The van der Waals surface area contributed by atoms with Crippen LogP contribution in [0.4, 0.5) is 10.1 Å². The molecule has 2 amide bonds. The molecule has 1 heterocycles. The number of nitrogens with one attached hydrogen (secondary N) is 2. The molecule has 0 radical (unpaired) electrons. The SMILES string of the molecule is O=C(Cc1ccccc1)NC1CCN(c2ccccc2C(=O)NCc2ccc(F)cc2)CC1. The van der Waals surface area contributed by atoms with Gasteiger partial charge in [-0.3, -0.25) is 9.59 Å². The van der Waals surface area contributed by atoms with Crippen molar-refractivity contribution in [2.45, 2.75) is 31.8 Å². The summed E-state index contributed by atoms with van der Waals surface area (Å²) in [5, 5.41) is 6.07. The van der Waals surface area contributed by atoms with Gasteiger partial charge in [0.05, 0.1) is 12.0 Å². The molecule has 2 N–H and O–H groups in total. The number of nitrogens with zero attached hydrogens (tertiary/aromatic N) is 1. The average molecular weight is 446 g/mol. The van der Waals surface area contributed by atoms with Crippen molar-refractivity contribution in [1.29, 1.82) is 0 Å². The molecule has 0 aliphatic carbocycles. The Morgan fingerprint density at radius 2 is 1.52 bits per heavy atom. The second kappa shape index (κ2) is 10.8. The molecule has 5 nitrogen and oxygen atoms in total. The zero-order chi connectivity index (χ0) is 23.0. The maximum Gasteiger partial charge on any atom is 0.253 e. The first-order valence-corrected chi connectivity index (χ1v) is 11.3. The molecule has 1 aliphatic heterocycles. The van der Waals surface area contributed by atoms with E-state index >= 15 is 0 Å². The molecular weight excluding hydrogens is 417 g/mol. The van der Waals surface area contributed by atoms with Crippen molar-refractivity contribution in [1.82, 2.24) is 10.6 Å². The monoisotopic (exact) mass is 445 g/mol. The minimum atomic E-state index is -0.296. The summed E-state index contributed by atoms with van der Waals surface area (Å²) in [6.45, 7) is 1.86. The van der Waals surface area contributed by atoms with E-state index in [1.165, 1.54) is 12.1 Å². The van der Waals surface area contributed by atoms with Crippen molar-refractivity contribution in [3.05, 3.63) is 101 Å². The molecule has 0 unspecified atom stereocenters. The summed E-state index contributed by atoms with van der Waals surface area (Å²) in [4.78, 5) is 27.4. The zero-order valence-corrected chi connectivity index (χ0v) is 18.5. The number of carbonyl (C=O) groups excluding carboxylic acids is 2. The Morgan fingerprint density at radius 3 is 2.24 bits per heavy atom. The van der Waals surface area contributed by atoms with Crippen LogP contribution in [0.5, 0.6) is 0 Å². The number of piperidine rings is 1. The summed E-state index contributed by atoms with van der Waals surface area (Å²) < 4.78 is 13.1. The number of halogens is 1. The maximum absolute atomic E-state index is 13.1. The average Bonchev–Trinajstić information content (AvgIpc) is 2.84. The maximum atomic E-state index is 13.1. The molecule has 0 bridgehead atoms. The quantitative estimate of drug-likeness (QED) is 0.576. The molecule has 0 saturated carbocycles. The summed E-state index contributed by atoms with van der Waals surface area (Å²) >= 11 is 0. The Balaban J connectivity index is 1.31. The molecule has 4 rings (SSSR count). The Labute approximate surface area is 193 Å². The van der Waals surface area contributed by atoms with E-state index in [0.717, 1.165) is 42.7 Å². The second-order valence-corrected chi connectivity index (χ2v) is 8.32. The lowest BCUT2D eigenvalue weighted by Crippen LogP contribution is -2.45. The van der Waals surface area contributed by atoms with Crippen molar-refractivity contribution in [2.24, 2.45) is 0 Å². The largest absolute Gasteiger partial charge is 0.371 e. The van der Waals surface area contributed by atoms with E-state index in [1.54, 1.807) is 12.1 Å². The van der Waals surface area contributed by atoms with Crippen LogP contribution in [-0.4, -0.2) is 30.9 Å². The molecule has 0 atom stereocenters. The van der Waals surface area contributed by atoms with Crippen LogP contribution in [0.15, 0.2) is 78.9 Å². The highest BCUT2D eigenvalue weighted by Crippen LogP contribution is 2.24. The standard InChI is InChI=1S/C27H28FN3O2/c28-22-12-10-21(11-13-22)19-29-27(33)24-8-4-5-9-25(24)31-16-14-23(15-17-31)30-26(32)18-20-6-2-1-3-7-20/h1-13,23H,14-19H2,(H,29,33)(H,30,32). The summed E-state index contributed by atoms with van der Waals surface area (Å²) in [5.74, 6) is -0.413. The summed E-state index contributed by atoms with van der Waals surface area (Å²) in [5.41, 5.74) is 3.36. The Hall–Kier alpha value is -3.67. The van der Waals surface area contributed by atoms with Gasteiger partial charge in [0, 0.05) is 31.4 Å². The lowest BCUT2D eigenvalue weighted by atomic mass is 10.0. The van der Waals surface area contributed by atoms with Gasteiger partial charge in [0.15, 0.2) is 0 Å². The van der Waals surface area contributed by atoms with Gasteiger partial charge in [-0.2, -0.15) is 0 Å². The van der Waals surface area contributed by atoms with Crippen LogP contribution in [0.3, 0.4) is 0 Å². The van der Waals surface area contributed by atoms with Gasteiger partial charge in [0.25, 0.3) is 5.91 Å². The first-order valence-electron chi connectivity index (χ1n) is 11.3. The molecule has 1 fully saturated rings. The van der Waals surface area contributed by atoms with Crippen molar-refractivity contribution >= 4 is 17.5 Å². The first kappa shape index (κ1) is 22.5. The van der Waals surface area contributed by atoms with Gasteiger partial charge in [-0.1, -0.05) is 54.6 Å². The topological polar surface area (TPSA) is 61.4 Å². The Kier molecular flexibility index (Phi) is 7.35. The highest BCUT2D eigenvalue weighted by atomic mass is 19.1. The van der Waals surface area contributed by atoms with Crippen LogP contribution in [0.25, 0.3) is 0 Å². The number of para-hydroxylation sites is 1. The highest BCUT2D eigenvalue weighted by molar-refractivity contribution is 5.99. The molecule has 6 heteroatoms. The van der Waals surface area contributed by atoms with Crippen molar-refractivity contribution in [2.75, 3.05) is 18.0 Å². The number of rotatable bonds is 7. The normalized spacial score (nSPS) is 14.0. The van der Waals surface area contributed by atoms with Crippen LogP contribution in [0.2, 0.25) is 0 Å². The molecule has 3 aromatic rings. The van der Waals surface area contributed by atoms with Gasteiger partial charge in [-0.25, -0.2) is 4.39 Å². The van der Waals surface area contributed by atoms with E-state index in [0.29, 0.717) is 18.5 Å². The van der Waals surface area contributed by atoms with Crippen LogP contribution in [0.1, 0.15) is 34.3 Å². The van der Waals surface area contributed by atoms with E-state index in [2.05, 4.69) is 15.5 Å². The molecule has 0 aromatic heterocycles. The van der Waals surface area contributed by atoms with Gasteiger partial charge in [0.1, 0.15) is 5.82 Å². The summed E-state index contributed by atoms with van der Waals surface area (Å²) in [6.07, 6.45) is 2.04. The minimum Gasteiger partial charge on any atom is -0.371 e. The van der Waals surface area contributed by atoms with Gasteiger partial charge >= 0.3 is 0 Å². The molecule has 33 heavy (non-hydrogen) atoms. The van der Waals surface area contributed by atoms with E-state index in [9.17, 15) is 14.0 Å². The first-order chi connectivity index (χ1) is 16.1. The predicted octanol–water partition coefficient (Wildman–Crippen LogP) is 4.08. The van der Waals surface area contributed by atoms with Crippen LogP contribution < -0.4 is 15.5 Å². The third kappa shape index (κ3) is 6.19.